The zero-order valence-electron chi connectivity index (χ0n) is 12.2. The Kier molecular flexibility index (Phi) is 4.15. The fourth-order valence-corrected chi connectivity index (χ4v) is 2.69. The van der Waals surface area contributed by atoms with Crippen LogP contribution in [0.5, 0.6) is 0 Å². The van der Waals surface area contributed by atoms with Gasteiger partial charge in [-0.15, -0.1) is 0 Å². The summed E-state index contributed by atoms with van der Waals surface area (Å²) in [7, 11) is 0. The number of rotatable bonds is 3. The van der Waals surface area contributed by atoms with E-state index in [-0.39, 0.29) is 17.7 Å². The first-order chi connectivity index (χ1) is 10.7. The molecule has 1 heterocycles. The van der Waals surface area contributed by atoms with Crippen molar-refractivity contribution in [2.45, 2.75) is 12.3 Å². The monoisotopic (exact) mass is 291 g/mol. The molecule has 3 nitrogen and oxygen atoms in total. The van der Waals surface area contributed by atoms with Gasteiger partial charge in [0.1, 0.15) is 0 Å². The second kappa shape index (κ2) is 6.39. The molecule has 0 bridgehead atoms. The zero-order valence-corrected chi connectivity index (χ0v) is 12.2. The summed E-state index contributed by atoms with van der Waals surface area (Å²) in [5, 5.41) is 0. The van der Waals surface area contributed by atoms with Crippen LogP contribution < -0.4 is 0 Å². The maximum Gasteiger partial charge on any atom is 0.253 e. The van der Waals surface area contributed by atoms with Crippen LogP contribution in [0, 0.1) is 0 Å². The molecule has 1 fully saturated rings. The number of hydrogen-bond acceptors (Lipinski definition) is 2. The van der Waals surface area contributed by atoms with Crippen LogP contribution in [-0.2, 0) is 9.59 Å². The fourth-order valence-electron chi connectivity index (χ4n) is 2.69. The molecule has 1 atom stereocenters. The van der Waals surface area contributed by atoms with E-state index < -0.39 is 0 Å². The molecular formula is C19H17NO2. The van der Waals surface area contributed by atoms with Crippen LogP contribution in [0.1, 0.15) is 23.5 Å². The van der Waals surface area contributed by atoms with E-state index in [1.807, 2.05) is 60.7 Å². The first-order valence-electron chi connectivity index (χ1n) is 7.36. The topological polar surface area (TPSA) is 37.4 Å². The van der Waals surface area contributed by atoms with E-state index >= 15 is 0 Å². The van der Waals surface area contributed by atoms with Crippen LogP contribution in [0.3, 0.4) is 0 Å². The second-order valence-electron chi connectivity index (χ2n) is 5.40. The lowest BCUT2D eigenvalue weighted by atomic mass is 9.99. The van der Waals surface area contributed by atoms with Gasteiger partial charge in [-0.1, -0.05) is 60.7 Å². The minimum atomic E-state index is -0.243. The van der Waals surface area contributed by atoms with E-state index in [1.165, 1.54) is 11.0 Å². The first-order valence-corrected chi connectivity index (χ1v) is 7.36. The quantitative estimate of drug-likeness (QED) is 0.814. The Labute approximate surface area is 129 Å². The van der Waals surface area contributed by atoms with Crippen molar-refractivity contribution in [3.05, 3.63) is 77.9 Å². The van der Waals surface area contributed by atoms with Gasteiger partial charge in [0.05, 0.1) is 0 Å². The molecule has 0 radical (unpaired) electrons. The van der Waals surface area contributed by atoms with Crippen LogP contribution in [0.15, 0.2) is 66.7 Å². The van der Waals surface area contributed by atoms with Gasteiger partial charge in [0, 0.05) is 25.0 Å². The van der Waals surface area contributed by atoms with Crippen LogP contribution in [0.25, 0.3) is 6.08 Å². The van der Waals surface area contributed by atoms with Gasteiger partial charge in [0.15, 0.2) is 0 Å². The zero-order chi connectivity index (χ0) is 15.4. The smallest absolute Gasteiger partial charge is 0.253 e. The third-order valence-electron chi connectivity index (χ3n) is 3.88. The van der Waals surface area contributed by atoms with Crippen LogP contribution in [-0.4, -0.2) is 23.3 Å². The van der Waals surface area contributed by atoms with Crippen LogP contribution >= 0.6 is 0 Å². The number of likely N-dealkylation sites (tertiary alicyclic amines) is 1. The van der Waals surface area contributed by atoms with Crippen LogP contribution in [0.4, 0.5) is 0 Å². The third kappa shape index (κ3) is 3.14. The molecular weight excluding hydrogens is 274 g/mol. The highest BCUT2D eigenvalue weighted by molar-refractivity contribution is 6.04. The summed E-state index contributed by atoms with van der Waals surface area (Å²) in [6.45, 7) is 0.459. The molecule has 1 saturated heterocycles. The predicted octanol–water partition coefficient (Wildman–Crippen LogP) is 3.24. The Balaban J connectivity index is 1.69. The Morgan fingerprint density at radius 1 is 1.00 bits per heavy atom. The Bertz CT molecular complexity index is 692. The lowest BCUT2D eigenvalue weighted by Crippen LogP contribution is -2.30. The van der Waals surface area contributed by atoms with Gasteiger partial charge in [0.2, 0.25) is 5.91 Å². The standard InChI is InChI=1S/C19H17NO2/c21-18(12-11-15-7-3-1-4-8-15)20-14-17(13-19(20)22)16-9-5-2-6-10-16/h1-12,17H,13-14H2/b12-11+. The van der Waals surface area contributed by atoms with Crippen molar-refractivity contribution in [1.82, 2.24) is 4.90 Å². The Hall–Kier alpha value is -2.68. The average Bonchev–Trinajstić information content (AvgIpc) is 2.96. The van der Waals surface area contributed by atoms with Gasteiger partial charge in [-0.05, 0) is 17.2 Å². The van der Waals surface area contributed by atoms with E-state index in [1.54, 1.807) is 6.08 Å². The van der Waals surface area contributed by atoms with Gasteiger partial charge in [-0.25, -0.2) is 0 Å². The number of amides is 2. The fraction of sp³-hybridized carbons (Fsp3) is 0.158. The first kappa shape index (κ1) is 14.3. The van der Waals surface area contributed by atoms with Gasteiger partial charge in [-0.3, -0.25) is 14.5 Å². The number of imide groups is 1. The normalized spacial score (nSPS) is 18.1. The minimum Gasteiger partial charge on any atom is -0.278 e. The molecule has 2 aromatic carbocycles. The summed E-state index contributed by atoms with van der Waals surface area (Å²) in [4.78, 5) is 25.7. The maximum atomic E-state index is 12.2. The summed E-state index contributed by atoms with van der Waals surface area (Å²) >= 11 is 0. The summed E-state index contributed by atoms with van der Waals surface area (Å²) in [5.41, 5.74) is 2.06. The lowest BCUT2D eigenvalue weighted by molar-refractivity contribution is -0.138. The largest absolute Gasteiger partial charge is 0.278 e. The van der Waals surface area contributed by atoms with Crippen molar-refractivity contribution < 1.29 is 9.59 Å². The summed E-state index contributed by atoms with van der Waals surface area (Å²) in [5.74, 6) is -0.244. The second-order valence-corrected chi connectivity index (χ2v) is 5.40. The van der Waals surface area contributed by atoms with Crippen LogP contribution in [0.2, 0.25) is 0 Å². The number of benzene rings is 2. The maximum absolute atomic E-state index is 12.2. The van der Waals surface area contributed by atoms with E-state index in [4.69, 9.17) is 0 Å². The van der Waals surface area contributed by atoms with Gasteiger partial charge < -0.3 is 0 Å². The summed E-state index contributed by atoms with van der Waals surface area (Å²) in [6, 6.07) is 19.5. The highest BCUT2D eigenvalue weighted by Crippen LogP contribution is 2.28. The predicted molar refractivity (Wildman–Crippen MR) is 86.0 cm³/mol. The molecule has 0 N–H and O–H groups in total. The van der Waals surface area contributed by atoms with Gasteiger partial charge in [0.25, 0.3) is 5.91 Å². The molecule has 3 rings (SSSR count). The SMILES string of the molecule is O=C(/C=C/c1ccccc1)N1CC(c2ccccc2)CC1=O. The number of hydrogen-bond donors (Lipinski definition) is 0. The molecule has 2 amide bonds. The third-order valence-corrected chi connectivity index (χ3v) is 3.88. The Morgan fingerprint density at radius 2 is 1.64 bits per heavy atom. The molecule has 1 unspecified atom stereocenters. The van der Waals surface area contributed by atoms with Crippen molar-refractivity contribution in [2.75, 3.05) is 6.54 Å². The average molecular weight is 291 g/mol. The molecule has 0 saturated carbocycles. The van der Waals surface area contributed by atoms with E-state index in [2.05, 4.69) is 0 Å². The molecule has 0 spiro atoms. The molecule has 1 aliphatic rings. The van der Waals surface area contributed by atoms with E-state index in [0.29, 0.717) is 13.0 Å². The molecule has 110 valence electrons. The summed E-state index contributed by atoms with van der Waals surface area (Å²) < 4.78 is 0. The molecule has 1 aliphatic heterocycles. The minimum absolute atomic E-state index is 0.0998. The molecule has 0 aromatic heterocycles. The highest BCUT2D eigenvalue weighted by atomic mass is 16.2. The van der Waals surface area contributed by atoms with Gasteiger partial charge in [-0.2, -0.15) is 0 Å². The Morgan fingerprint density at radius 3 is 2.32 bits per heavy atom. The van der Waals surface area contributed by atoms with E-state index in [0.717, 1.165) is 11.1 Å². The van der Waals surface area contributed by atoms with Crippen molar-refractivity contribution in [1.29, 1.82) is 0 Å². The van der Waals surface area contributed by atoms with Crippen molar-refractivity contribution in [3.8, 4) is 0 Å². The summed E-state index contributed by atoms with van der Waals surface area (Å²) in [6.07, 6.45) is 3.61. The molecule has 3 heteroatoms. The molecule has 2 aromatic rings. The van der Waals surface area contributed by atoms with Crippen molar-refractivity contribution in [2.24, 2.45) is 0 Å². The van der Waals surface area contributed by atoms with E-state index in [9.17, 15) is 9.59 Å². The highest BCUT2D eigenvalue weighted by Gasteiger charge is 2.33. The molecule has 0 aliphatic carbocycles. The number of carbonyl (C=O) groups excluding carboxylic acids is 2. The van der Waals surface area contributed by atoms with Gasteiger partial charge >= 0.3 is 0 Å². The van der Waals surface area contributed by atoms with Crippen molar-refractivity contribution >= 4 is 17.9 Å². The number of carbonyl (C=O) groups is 2. The van der Waals surface area contributed by atoms with Crippen molar-refractivity contribution in [3.63, 3.8) is 0 Å². The number of nitrogens with zero attached hydrogens (tertiary/aromatic N) is 1. The molecule has 22 heavy (non-hydrogen) atoms. The lowest BCUT2D eigenvalue weighted by Gasteiger charge is -2.12.